The van der Waals surface area contributed by atoms with E-state index in [0.717, 1.165) is 45.7 Å². The van der Waals surface area contributed by atoms with Crippen LogP contribution < -0.4 is 5.32 Å². The first-order valence-electron chi connectivity index (χ1n) is 7.41. The van der Waals surface area contributed by atoms with E-state index in [4.69, 9.17) is 0 Å². The highest BCUT2D eigenvalue weighted by molar-refractivity contribution is 5.90. The molecule has 0 aliphatic carbocycles. The SMILES string of the molecule is CCN1CCN(CCCNC(=O)c2nccn2C)CC1. The second-order valence-electron chi connectivity index (χ2n) is 5.25. The van der Waals surface area contributed by atoms with E-state index in [1.807, 2.05) is 7.05 Å². The van der Waals surface area contributed by atoms with Crippen molar-refractivity contribution in [3.05, 3.63) is 18.2 Å². The number of hydrogen-bond donors (Lipinski definition) is 1. The standard InChI is InChI=1S/C14H25N5O/c1-3-18-9-11-19(12-10-18)7-4-5-16-14(20)13-15-6-8-17(13)2/h6,8H,3-5,7,9-12H2,1-2H3,(H,16,20). The molecule has 1 fully saturated rings. The number of carbonyl (C=O) groups is 1. The summed E-state index contributed by atoms with van der Waals surface area (Å²) in [6, 6.07) is 0. The van der Waals surface area contributed by atoms with Gasteiger partial charge < -0.3 is 19.7 Å². The molecule has 0 atom stereocenters. The summed E-state index contributed by atoms with van der Waals surface area (Å²) >= 11 is 0. The highest BCUT2D eigenvalue weighted by atomic mass is 16.2. The molecule has 6 nitrogen and oxygen atoms in total. The normalized spacial score (nSPS) is 17.3. The summed E-state index contributed by atoms with van der Waals surface area (Å²) in [4.78, 5) is 20.8. The maximum absolute atomic E-state index is 11.8. The maximum Gasteiger partial charge on any atom is 0.287 e. The van der Waals surface area contributed by atoms with Crippen LogP contribution in [0.2, 0.25) is 0 Å². The van der Waals surface area contributed by atoms with Crippen molar-refractivity contribution in [2.45, 2.75) is 13.3 Å². The van der Waals surface area contributed by atoms with E-state index in [0.29, 0.717) is 12.4 Å². The van der Waals surface area contributed by atoms with Gasteiger partial charge in [0.15, 0.2) is 5.82 Å². The molecule has 1 aromatic rings. The third kappa shape index (κ3) is 4.05. The van der Waals surface area contributed by atoms with Crippen molar-refractivity contribution in [1.82, 2.24) is 24.7 Å². The number of likely N-dealkylation sites (N-methyl/N-ethyl adjacent to an activating group) is 1. The molecule has 6 heteroatoms. The zero-order valence-corrected chi connectivity index (χ0v) is 12.5. The van der Waals surface area contributed by atoms with Crippen molar-refractivity contribution in [2.75, 3.05) is 45.8 Å². The summed E-state index contributed by atoms with van der Waals surface area (Å²) in [7, 11) is 1.83. The largest absolute Gasteiger partial charge is 0.349 e. The number of amides is 1. The molecule has 1 aliphatic heterocycles. The van der Waals surface area contributed by atoms with Gasteiger partial charge in [0.2, 0.25) is 0 Å². The third-order valence-corrected chi connectivity index (χ3v) is 3.87. The van der Waals surface area contributed by atoms with Crippen molar-refractivity contribution in [1.29, 1.82) is 0 Å². The van der Waals surface area contributed by atoms with Crippen LogP contribution in [0.3, 0.4) is 0 Å². The molecule has 112 valence electrons. The first-order valence-corrected chi connectivity index (χ1v) is 7.41. The number of piperazine rings is 1. The van der Waals surface area contributed by atoms with Crippen LogP contribution in [0.4, 0.5) is 0 Å². The summed E-state index contributed by atoms with van der Waals surface area (Å²) < 4.78 is 1.74. The lowest BCUT2D eigenvalue weighted by Crippen LogP contribution is -2.46. The molecule has 1 N–H and O–H groups in total. The highest BCUT2D eigenvalue weighted by Crippen LogP contribution is 2.01. The number of nitrogens with one attached hydrogen (secondary N) is 1. The number of nitrogens with zero attached hydrogens (tertiary/aromatic N) is 4. The first kappa shape index (κ1) is 15.0. The van der Waals surface area contributed by atoms with Crippen LogP contribution in [0.1, 0.15) is 24.0 Å². The molecule has 0 unspecified atom stereocenters. The van der Waals surface area contributed by atoms with E-state index < -0.39 is 0 Å². The Bertz CT molecular complexity index is 423. The molecule has 1 aliphatic rings. The van der Waals surface area contributed by atoms with Crippen molar-refractivity contribution in [2.24, 2.45) is 7.05 Å². The summed E-state index contributed by atoms with van der Waals surface area (Å²) in [5.74, 6) is 0.384. The van der Waals surface area contributed by atoms with Gasteiger partial charge in [-0.2, -0.15) is 0 Å². The number of aromatic nitrogens is 2. The minimum absolute atomic E-state index is 0.0895. The number of aryl methyl sites for hydroxylation is 1. The van der Waals surface area contributed by atoms with Gasteiger partial charge in [0.1, 0.15) is 0 Å². The molecule has 0 bridgehead atoms. The van der Waals surface area contributed by atoms with Crippen LogP contribution >= 0.6 is 0 Å². The molecule has 2 heterocycles. The molecular weight excluding hydrogens is 254 g/mol. The Hall–Kier alpha value is -1.40. The quantitative estimate of drug-likeness (QED) is 0.755. The fourth-order valence-electron chi connectivity index (χ4n) is 2.50. The second kappa shape index (κ2) is 7.40. The van der Waals surface area contributed by atoms with Crippen LogP contribution in [0.15, 0.2) is 12.4 Å². The Kier molecular flexibility index (Phi) is 5.55. The lowest BCUT2D eigenvalue weighted by molar-refractivity contribution is 0.0935. The minimum atomic E-state index is -0.0895. The number of imidazole rings is 1. The monoisotopic (exact) mass is 279 g/mol. The van der Waals surface area contributed by atoms with E-state index in [2.05, 4.69) is 27.0 Å². The van der Waals surface area contributed by atoms with E-state index >= 15 is 0 Å². The zero-order chi connectivity index (χ0) is 14.4. The molecule has 1 amide bonds. The Morgan fingerprint density at radius 2 is 2.00 bits per heavy atom. The van der Waals surface area contributed by atoms with Crippen molar-refractivity contribution in [3.63, 3.8) is 0 Å². The molecule has 1 saturated heterocycles. The van der Waals surface area contributed by atoms with Crippen molar-refractivity contribution >= 4 is 5.91 Å². The van der Waals surface area contributed by atoms with Gasteiger partial charge in [-0.15, -0.1) is 0 Å². The molecule has 0 saturated carbocycles. The van der Waals surface area contributed by atoms with Crippen molar-refractivity contribution < 1.29 is 4.79 Å². The van der Waals surface area contributed by atoms with Gasteiger partial charge in [-0.3, -0.25) is 4.79 Å². The Balaban J connectivity index is 1.60. The molecule has 1 aromatic heterocycles. The van der Waals surface area contributed by atoms with Crippen LogP contribution in [0.25, 0.3) is 0 Å². The minimum Gasteiger partial charge on any atom is -0.349 e. The Labute approximate surface area is 120 Å². The molecule has 0 spiro atoms. The van der Waals surface area contributed by atoms with E-state index in [9.17, 15) is 4.79 Å². The van der Waals surface area contributed by atoms with Gasteiger partial charge in [0, 0.05) is 52.2 Å². The zero-order valence-electron chi connectivity index (χ0n) is 12.5. The average Bonchev–Trinajstić information content (AvgIpc) is 2.90. The van der Waals surface area contributed by atoms with Crippen LogP contribution in [-0.2, 0) is 7.05 Å². The van der Waals surface area contributed by atoms with Gasteiger partial charge >= 0.3 is 0 Å². The average molecular weight is 279 g/mol. The third-order valence-electron chi connectivity index (χ3n) is 3.87. The predicted molar refractivity (Wildman–Crippen MR) is 78.7 cm³/mol. The number of carbonyl (C=O) groups excluding carboxylic acids is 1. The Morgan fingerprint density at radius 3 is 2.60 bits per heavy atom. The first-order chi connectivity index (χ1) is 9.70. The molecular formula is C14H25N5O. The van der Waals surface area contributed by atoms with Gasteiger partial charge in [0.25, 0.3) is 5.91 Å². The maximum atomic E-state index is 11.8. The fourth-order valence-corrected chi connectivity index (χ4v) is 2.50. The Morgan fingerprint density at radius 1 is 1.30 bits per heavy atom. The summed E-state index contributed by atoms with van der Waals surface area (Å²) in [5, 5.41) is 2.93. The number of hydrogen-bond acceptors (Lipinski definition) is 4. The van der Waals surface area contributed by atoms with Gasteiger partial charge in [-0.05, 0) is 19.5 Å². The highest BCUT2D eigenvalue weighted by Gasteiger charge is 2.15. The van der Waals surface area contributed by atoms with E-state index in [-0.39, 0.29) is 5.91 Å². The topological polar surface area (TPSA) is 53.4 Å². The van der Waals surface area contributed by atoms with Crippen LogP contribution in [0.5, 0.6) is 0 Å². The van der Waals surface area contributed by atoms with Gasteiger partial charge in [-0.1, -0.05) is 6.92 Å². The summed E-state index contributed by atoms with van der Waals surface area (Å²) in [5.41, 5.74) is 0. The lowest BCUT2D eigenvalue weighted by atomic mass is 10.3. The van der Waals surface area contributed by atoms with Crippen LogP contribution in [0, 0.1) is 0 Å². The van der Waals surface area contributed by atoms with E-state index in [1.54, 1.807) is 17.0 Å². The fraction of sp³-hybridized carbons (Fsp3) is 0.714. The van der Waals surface area contributed by atoms with Gasteiger partial charge in [-0.25, -0.2) is 4.98 Å². The van der Waals surface area contributed by atoms with Gasteiger partial charge in [0.05, 0.1) is 0 Å². The lowest BCUT2D eigenvalue weighted by Gasteiger charge is -2.33. The second-order valence-corrected chi connectivity index (χ2v) is 5.25. The molecule has 20 heavy (non-hydrogen) atoms. The van der Waals surface area contributed by atoms with Crippen LogP contribution in [-0.4, -0.2) is 71.1 Å². The molecule has 2 rings (SSSR count). The molecule has 0 radical (unpaired) electrons. The van der Waals surface area contributed by atoms with Crippen molar-refractivity contribution in [3.8, 4) is 0 Å². The van der Waals surface area contributed by atoms with E-state index in [1.165, 1.54) is 0 Å². The summed E-state index contributed by atoms with van der Waals surface area (Å²) in [6.07, 6.45) is 4.41. The smallest absolute Gasteiger partial charge is 0.287 e. The number of rotatable bonds is 6. The molecule has 0 aromatic carbocycles. The summed E-state index contributed by atoms with van der Waals surface area (Å²) in [6.45, 7) is 9.73. The predicted octanol–water partition coefficient (Wildman–Crippen LogP) is 0.178.